The van der Waals surface area contributed by atoms with Crippen LogP contribution in [0.25, 0.3) is 0 Å². The normalized spacial score (nSPS) is 12.7. The molecule has 0 saturated heterocycles. The van der Waals surface area contributed by atoms with Gasteiger partial charge in [-0.25, -0.2) is 12.7 Å². The second kappa shape index (κ2) is 7.63. The Morgan fingerprint density at radius 1 is 1.33 bits per heavy atom. The summed E-state index contributed by atoms with van der Waals surface area (Å²) in [6.07, 6.45) is 1.61. The van der Waals surface area contributed by atoms with E-state index in [-0.39, 0.29) is 5.75 Å². The summed E-state index contributed by atoms with van der Waals surface area (Å²) in [6.45, 7) is 7.19. The molecule has 0 aromatic carbocycles. The summed E-state index contributed by atoms with van der Waals surface area (Å²) in [5.41, 5.74) is 0. The van der Waals surface area contributed by atoms with Crippen LogP contribution < -0.4 is 0 Å². The Labute approximate surface area is 102 Å². The lowest BCUT2D eigenvalue weighted by Gasteiger charge is -2.20. The zero-order chi connectivity index (χ0) is 11.9. The van der Waals surface area contributed by atoms with Gasteiger partial charge in [0.15, 0.2) is 0 Å². The van der Waals surface area contributed by atoms with Crippen molar-refractivity contribution in [2.45, 2.75) is 33.6 Å². The van der Waals surface area contributed by atoms with Gasteiger partial charge in [0.1, 0.15) is 0 Å². The van der Waals surface area contributed by atoms with E-state index in [4.69, 9.17) is 0 Å². The van der Waals surface area contributed by atoms with E-state index in [9.17, 15) is 8.42 Å². The molecule has 0 radical (unpaired) electrons. The van der Waals surface area contributed by atoms with E-state index in [0.717, 1.165) is 18.2 Å². The zero-order valence-electron chi connectivity index (χ0n) is 9.87. The van der Waals surface area contributed by atoms with Crippen molar-refractivity contribution in [1.29, 1.82) is 0 Å². The van der Waals surface area contributed by atoms with Crippen molar-refractivity contribution in [3.05, 3.63) is 0 Å². The van der Waals surface area contributed by atoms with Gasteiger partial charge < -0.3 is 0 Å². The Morgan fingerprint density at radius 3 is 2.33 bits per heavy atom. The highest BCUT2D eigenvalue weighted by Gasteiger charge is 2.19. The number of alkyl halides is 1. The van der Waals surface area contributed by atoms with Crippen LogP contribution >= 0.6 is 15.9 Å². The molecule has 0 aromatic heterocycles. The van der Waals surface area contributed by atoms with Crippen LogP contribution in [0, 0.1) is 5.92 Å². The van der Waals surface area contributed by atoms with Crippen molar-refractivity contribution in [3.8, 4) is 0 Å². The predicted molar refractivity (Wildman–Crippen MR) is 68.9 cm³/mol. The van der Waals surface area contributed by atoms with Crippen molar-refractivity contribution in [2.24, 2.45) is 5.92 Å². The molecule has 0 aliphatic heterocycles. The van der Waals surface area contributed by atoms with Gasteiger partial charge in [0.2, 0.25) is 10.0 Å². The minimum atomic E-state index is -3.03. The fourth-order valence-electron chi connectivity index (χ4n) is 1.24. The molecule has 0 atom stereocenters. The first-order chi connectivity index (χ1) is 6.94. The van der Waals surface area contributed by atoms with Gasteiger partial charge in [-0.05, 0) is 18.8 Å². The van der Waals surface area contributed by atoms with Gasteiger partial charge in [-0.1, -0.05) is 36.7 Å². The second-order valence-corrected chi connectivity index (χ2v) is 6.91. The quantitative estimate of drug-likeness (QED) is 0.646. The summed E-state index contributed by atoms with van der Waals surface area (Å²) >= 11 is 3.31. The molecule has 0 amide bonds. The summed E-state index contributed by atoms with van der Waals surface area (Å²) in [5.74, 6) is 0.718. The fourth-order valence-corrected chi connectivity index (χ4v) is 3.32. The van der Waals surface area contributed by atoms with Crippen molar-refractivity contribution in [1.82, 2.24) is 4.31 Å². The fraction of sp³-hybridized carbons (Fsp3) is 1.00. The summed E-state index contributed by atoms with van der Waals surface area (Å²) in [7, 11) is -3.03. The molecule has 0 spiro atoms. The van der Waals surface area contributed by atoms with Gasteiger partial charge in [0.25, 0.3) is 0 Å². The monoisotopic (exact) mass is 299 g/mol. The molecule has 0 fully saturated rings. The maximum atomic E-state index is 11.9. The Balaban J connectivity index is 4.25. The summed E-state index contributed by atoms with van der Waals surface area (Å²) in [4.78, 5) is 0. The average Bonchev–Trinajstić information content (AvgIpc) is 2.16. The molecule has 0 saturated carbocycles. The molecule has 0 N–H and O–H groups in total. The SMILES string of the molecule is CCN(CCCBr)S(=O)(=O)CCC(C)C. The van der Waals surface area contributed by atoms with Crippen LogP contribution in [0.4, 0.5) is 0 Å². The van der Waals surface area contributed by atoms with Crippen LogP contribution in [0.1, 0.15) is 33.6 Å². The first kappa shape index (κ1) is 15.4. The highest BCUT2D eigenvalue weighted by Crippen LogP contribution is 2.09. The third kappa shape index (κ3) is 6.53. The Kier molecular flexibility index (Phi) is 7.83. The van der Waals surface area contributed by atoms with Gasteiger partial charge in [-0.15, -0.1) is 0 Å². The maximum absolute atomic E-state index is 11.9. The minimum absolute atomic E-state index is 0.279. The smallest absolute Gasteiger partial charge is 0.212 e. The van der Waals surface area contributed by atoms with E-state index < -0.39 is 10.0 Å². The standard InChI is InChI=1S/C10H22BrNO2S/c1-4-12(8-5-7-11)15(13,14)9-6-10(2)3/h10H,4-9H2,1-3H3. The Hall–Kier alpha value is 0.390. The van der Waals surface area contributed by atoms with E-state index >= 15 is 0 Å². The van der Waals surface area contributed by atoms with Crippen molar-refractivity contribution in [3.63, 3.8) is 0 Å². The lowest BCUT2D eigenvalue weighted by molar-refractivity contribution is 0.424. The zero-order valence-corrected chi connectivity index (χ0v) is 12.3. The Morgan fingerprint density at radius 2 is 1.93 bits per heavy atom. The molecule has 0 aliphatic rings. The second-order valence-electron chi connectivity index (χ2n) is 4.03. The average molecular weight is 300 g/mol. The highest BCUT2D eigenvalue weighted by molar-refractivity contribution is 9.09. The van der Waals surface area contributed by atoms with E-state index in [0.29, 0.717) is 19.0 Å². The van der Waals surface area contributed by atoms with Gasteiger partial charge in [-0.3, -0.25) is 0 Å². The minimum Gasteiger partial charge on any atom is -0.212 e. The molecule has 0 aliphatic carbocycles. The third-order valence-electron chi connectivity index (χ3n) is 2.24. The lowest BCUT2D eigenvalue weighted by atomic mass is 10.2. The van der Waals surface area contributed by atoms with E-state index in [1.54, 1.807) is 4.31 Å². The highest BCUT2D eigenvalue weighted by atomic mass is 79.9. The lowest BCUT2D eigenvalue weighted by Crippen LogP contribution is -2.34. The number of nitrogens with zero attached hydrogens (tertiary/aromatic N) is 1. The number of rotatable bonds is 8. The van der Waals surface area contributed by atoms with Crippen LogP contribution in [0.2, 0.25) is 0 Å². The Bertz CT molecular complexity index is 252. The van der Waals surface area contributed by atoms with Gasteiger partial charge in [-0.2, -0.15) is 0 Å². The van der Waals surface area contributed by atoms with Gasteiger partial charge >= 0.3 is 0 Å². The van der Waals surface area contributed by atoms with E-state index in [1.165, 1.54) is 0 Å². The molecule has 3 nitrogen and oxygen atoms in total. The summed E-state index contributed by atoms with van der Waals surface area (Å²) in [5, 5.41) is 0.850. The molecule has 0 unspecified atom stereocenters. The third-order valence-corrected chi connectivity index (χ3v) is 4.78. The number of sulfonamides is 1. The topological polar surface area (TPSA) is 37.4 Å². The largest absolute Gasteiger partial charge is 0.214 e. The van der Waals surface area contributed by atoms with Crippen molar-refractivity contribution < 1.29 is 8.42 Å². The molecular formula is C10H22BrNO2S. The first-order valence-electron chi connectivity index (χ1n) is 5.47. The molecule has 0 heterocycles. The summed E-state index contributed by atoms with van der Waals surface area (Å²) in [6, 6.07) is 0. The van der Waals surface area contributed by atoms with Crippen LogP contribution in [-0.4, -0.2) is 36.9 Å². The van der Waals surface area contributed by atoms with Crippen LogP contribution in [0.3, 0.4) is 0 Å². The predicted octanol–water partition coefficient (Wildman–Crippen LogP) is 2.47. The number of hydrogen-bond donors (Lipinski definition) is 0. The molecule has 15 heavy (non-hydrogen) atoms. The maximum Gasteiger partial charge on any atom is 0.214 e. The molecule has 0 rings (SSSR count). The summed E-state index contributed by atoms with van der Waals surface area (Å²) < 4.78 is 25.3. The molecule has 0 bridgehead atoms. The van der Waals surface area contributed by atoms with E-state index in [1.807, 2.05) is 20.8 Å². The first-order valence-corrected chi connectivity index (χ1v) is 8.20. The molecule has 5 heteroatoms. The van der Waals surface area contributed by atoms with Crippen LogP contribution in [0.5, 0.6) is 0 Å². The van der Waals surface area contributed by atoms with E-state index in [2.05, 4.69) is 15.9 Å². The molecule has 92 valence electrons. The number of halogens is 1. The molecule has 0 aromatic rings. The van der Waals surface area contributed by atoms with Gasteiger partial charge in [0, 0.05) is 18.4 Å². The molecular weight excluding hydrogens is 278 g/mol. The van der Waals surface area contributed by atoms with Crippen LogP contribution in [0.15, 0.2) is 0 Å². The van der Waals surface area contributed by atoms with Crippen molar-refractivity contribution >= 4 is 26.0 Å². The van der Waals surface area contributed by atoms with Gasteiger partial charge in [0.05, 0.1) is 5.75 Å². The van der Waals surface area contributed by atoms with Crippen LogP contribution in [-0.2, 0) is 10.0 Å². The number of hydrogen-bond acceptors (Lipinski definition) is 2. The van der Waals surface area contributed by atoms with Crippen molar-refractivity contribution in [2.75, 3.05) is 24.2 Å².